The quantitative estimate of drug-likeness (QED) is 0.576. The fraction of sp³-hybridized carbons (Fsp3) is 0.615. The maximum atomic E-state index is 16.0. The number of alkyl halides is 1. The summed E-state index contributed by atoms with van der Waals surface area (Å²) in [6, 6.07) is 4.51. The van der Waals surface area contributed by atoms with Gasteiger partial charge in [-0.1, -0.05) is 26.8 Å². The summed E-state index contributed by atoms with van der Waals surface area (Å²) >= 11 is 0. The molecule has 206 valence electrons. The zero-order chi connectivity index (χ0) is 27.6. The Kier molecular flexibility index (Phi) is 6.28. The van der Waals surface area contributed by atoms with Crippen molar-refractivity contribution in [3.8, 4) is 0 Å². The van der Waals surface area contributed by atoms with Crippen LogP contribution in [0.25, 0.3) is 11.0 Å². The van der Waals surface area contributed by atoms with E-state index in [2.05, 4.69) is 10.2 Å². The predicted molar refractivity (Wildman–Crippen MR) is 139 cm³/mol. The van der Waals surface area contributed by atoms with Crippen LogP contribution in [-0.2, 0) is 16.6 Å². The van der Waals surface area contributed by atoms with E-state index in [1.54, 1.807) is 19.2 Å². The molecule has 11 nitrogen and oxygen atoms in total. The SMILES string of the molecule is Cn1c(=O)n(C2CCC(=O)NC2=O)c2cccc(N3CC(F)(CN4CCN(C(=O)O)CC4C(C)(C)C)C3)c21. The van der Waals surface area contributed by atoms with Crippen LogP contribution in [0, 0.1) is 5.41 Å². The first-order valence-corrected chi connectivity index (χ1v) is 13.0. The van der Waals surface area contributed by atoms with Crippen molar-refractivity contribution in [2.24, 2.45) is 12.5 Å². The molecular weight excluding hydrogens is 495 g/mol. The molecule has 5 rings (SSSR count). The van der Waals surface area contributed by atoms with Crippen molar-refractivity contribution in [2.75, 3.05) is 44.2 Å². The van der Waals surface area contributed by atoms with Crippen LogP contribution in [0.3, 0.4) is 0 Å². The number of carboxylic acid groups (broad SMARTS) is 1. The molecule has 1 aromatic heterocycles. The van der Waals surface area contributed by atoms with Crippen molar-refractivity contribution in [3.05, 3.63) is 28.7 Å². The second-order valence-electron chi connectivity index (χ2n) is 11.9. The molecule has 3 aliphatic rings. The Balaban J connectivity index is 1.37. The molecule has 2 atom stereocenters. The number of fused-ring (bicyclic) bond motifs is 1. The van der Waals surface area contributed by atoms with Crippen molar-refractivity contribution >= 4 is 34.6 Å². The van der Waals surface area contributed by atoms with E-state index in [1.165, 1.54) is 14.0 Å². The van der Waals surface area contributed by atoms with Gasteiger partial charge in [0.2, 0.25) is 11.8 Å². The van der Waals surface area contributed by atoms with Crippen LogP contribution in [0.1, 0.15) is 39.7 Å². The Morgan fingerprint density at radius 1 is 1.18 bits per heavy atom. The molecule has 0 radical (unpaired) electrons. The number of piperidine rings is 1. The number of imide groups is 1. The number of para-hydroxylation sites is 1. The third kappa shape index (κ3) is 4.44. The summed E-state index contributed by atoms with van der Waals surface area (Å²) in [7, 11) is 1.63. The minimum Gasteiger partial charge on any atom is -0.465 e. The molecule has 2 unspecified atom stereocenters. The first-order valence-electron chi connectivity index (χ1n) is 13.0. The van der Waals surface area contributed by atoms with E-state index in [9.17, 15) is 24.3 Å². The summed E-state index contributed by atoms with van der Waals surface area (Å²) in [5, 5.41) is 11.8. The van der Waals surface area contributed by atoms with Crippen LogP contribution in [0.5, 0.6) is 0 Å². The van der Waals surface area contributed by atoms with E-state index in [0.29, 0.717) is 36.4 Å². The highest BCUT2D eigenvalue weighted by Gasteiger charge is 2.48. The summed E-state index contributed by atoms with van der Waals surface area (Å²) in [4.78, 5) is 54.3. The number of piperazine rings is 1. The first kappa shape index (κ1) is 26.2. The lowest BCUT2D eigenvalue weighted by molar-refractivity contribution is -0.135. The lowest BCUT2D eigenvalue weighted by atomic mass is 9.83. The predicted octanol–water partition coefficient (Wildman–Crippen LogP) is 1.56. The molecule has 3 amide bonds. The number of hydrogen-bond acceptors (Lipinski definition) is 6. The minimum atomic E-state index is -1.48. The number of carbonyl (C=O) groups excluding carboxylic acids is 2. The molecule has 2 N–H and O–H groups in total. The monoisotopic (exact) mass is 530 g/mol. The summed E-state index contributed by atoms with van der Waals surface area (Å²) in [6.45, 7) is 7.77. The van der Waals surface area contributed by atoms with Gasteiger partial charge in [0.15, 0.2) is 5.67 Å². The van der Waals surface area contributed by atoms with Gasteiger partial charge in [0.25, 0.3) is 0 Å². The van der Waals surface area contributed by atoms with Crippen molar-refractivity contribution in [2.45, 2.75) is 51.4 Å². The molecule has 3 aliphatic heterocycles. The molecule has 1 aromatic carbocycles. The minimum absolute atomic E-state index is 0.110. The Labute approximate surface area is 219 Å². The van der Waals surface area contributed by atoms with Gasteiger partial charge in [-0.25, -0.2) is 14.0 Å². The topological polar surface area (TPSA) is 120 Å². The number of anilines is 1. The van der Waals surface area contributed by atoms with Crippen LogP contribution in [0.2, 0.25) is 0 Å². The van der Waals surface area contributed by atoms with Crippen molar-refractivity contribution in [1.82, 2.24) is 24.3 Å². The molecule has 0 aliphatic carbocycles. The Hall–Kier alpha value is -3.41. The smallest absolute Gasteiger partial charge is 0.407 e. The zero-order valence-corrected chi connectivity index (χ0v) is 22.2. The van der Waals surface area contributed by atoms with Gasteiger partial charge in [-0.3, -0.25) is 28.9 Å². The third-order valence-electron chi connectivity index (χ3n) is 8.14. The van der Waals surface area contributed by atoms with Crippen LogP contribution in [0.15, 0.2) is 23.0 Å². The molecule has 12 heteroatoms. The van der Waals surface area contributed by atoms with E-state index in [4.69, 9.17) is 0 Å². The normalized spacial score (nSPS) is 24.4. The van der Waals surface area contributed by atoms with Gasteiger partial charge < -0.3 is 14.9 Å². The van der Waals surface area contributed by atoms with Crippen molar-refractivity contribution in [3.63, 3.8) is 0 Å². The fourth-order valence-electron chi connectivity index (χ4n) is 6.18. The van der Waals surface area contributed by atoms with E-state index in [1.807, 2.05) is 31.7 Å². The number of rotatable bonds is 4. The molecule has 3 fully saturated rings. The van der Waals surface area contributed by atoms with Crippen molar-refractivity contribution in [1.29, 1.82) is 0 Å². The summed E-state index contributed by atoms with van der Waals surface area (Å²) in [5.41, 5.74) is -0.174. The molecule has 0 spiro atoms. The standard InChI is InChI=1S/C26H35FN6O5/c1-25(2,3)19-12-30(24(37)38)10-11-31(19)13-26(27)14-32(15-26)16-6-5-7-17-21(16)29(4)23(36)33(17)18-8-9-20(34)28-22(18)35/h5-7,18-19H,8-15H2,1-4H3,(H,37,38)(H,28,34,35). The number of nitrogens with zero attached hydrogens (tertiary/aromatic N) is 5. The second kappa shape index (κ2) is 9.11. The number of amides is 3. The fourth-order valence-corrected chi connectivity index (χ4v) is 6.18. The third-order valence-corrected chi connectivity index (χ3v) is 8.14. The van der Waals surface area contributed by atoms with E-state index in [-0.39, 0.29) is 55.5 Å². The molecule has 2 aromatic rings. The number of aryl methyl sites for hydroxylation is 1. The highest BCUT2D eigenvalue weighted by atomic mass is 19.1. The average molecular weight is 531 g/mol. The number of nitrogens with one attached hydrogen (secondary N) is 1. The summed E-state index contributed by atoms with van der Waals surface area (Å²) in [5.74, 6) is -0.845. The number of aromatic nitrogens is 2. The number of imidazole rings is 1. The van der Waals surface area contributed by atoms with Crippen LogP contribution >= 0.6 is 0 Å². The molecule has 0 bridgehead atoms. The first-order chi connectivity index (χ1) is 17.8. The molecule has 0 saturated carbocycles. The van der Waals surface area contributed by atoms with Crippen molar-refractivity contribution < 1.29 is 23.9 Å². The Bertz CT molecular complexity index is 1350. The van der Waals surface area contributed by atoms with Gasteiger partial charge in [0.1, 0.15) is 6.04 Å². The lowest BCUT2D eigenvalue weighted by Gasteiger charge is -2.52. The largest absolute Gasteiger partial charge is 0.465 e. The maximum Gasteiger partial charge on any atom is 0.407 e. The summed E-state index contributed by atoms with van der Waals surface area (Å²) < 4.78 is 18.9. The van der Waals surface area contributed by atoms with Gasteiger partial charge in [-0.15, -0.1) is 0 Å². The molecule has 4 heterocycles. The van der Waals surface area contributed by atoms with Gasteiger partial charge >= 0.3 is 11.8 Å². The number of halogens is 1. The zero-order valence-electron chi connectivity index (χ0n) is 22.2. The van der Waals surface area contributed by atoms with Crippen LogP contribution in [-0.4, -0.2) is 92.9 Å². The molecular formula is C26H35FN6O5. The van der Waals surface area contributed by atoms with Gasteiger partial charge in [0, 0.05) is 45.7 Å². The van der Waals surface area contributed by atoms with E-state index < -0.39 is 23.7 Å². The highest BCUT2D eigenvalue weighted by molar-refractivity contribution is 6.00. The highest BCUT2D eigenvalue weighted by Crippen LogP contribution is 2.38. The molecule has 38 heavy (non-hydrogen) atoms. The number of hydrogen-bond donors (Lipinski definition) is 2. The maximum absolute atomic E-state index is 16.0. The van der Waals surface area contributed by atoms with Gasteiger partial charge in [-0.05, 0) is 24.0 Å². The Morgan fingerprint density at radius 3 is 2.53 bits per heavy atom. The van der Waals surface area contributed by atoms with Crippen LogP contribution < -0.4 is 15.9 Å². The lowest BCUT2D eigenvalue weighted by Crippen LogP contribution is -2.68. The average Bonchev–Trinajstić information content (AvgIpc) is 3.07. The van der Waals surface area contributed by atoms with Gasteiger partial charge in [0.05, 0.1) is 29.8 Å². The molecule has 3 saturated heterocycles. The van der Waals surface area contributed by atoms with Crippen LogP contribution in [0.4, 0.5) is 14.9 Å². The Morgan fingerprint density at radius 2 is 1.89 bits per heavy atom. The number of carbonyl (C=O) groups is 3. The number of benzene rings is 1. The summed E-state index contributed by atoms with van der Waals surface area (Å²) in [6.07, 6.45) is -0.548. The van der Waals surface area contributed by atoms with E-state index >= 15 is 4.39 Å². The second-order valence-corrected chi connectivity index (χ2v) is 11.9. The van der Waals surface area contributed by atoms with E-state index in [0.717, 1.165) is 0 Å². The van der Waals surface area contributed by atoms with Gasteiger partial charge in [-0.2, -0.15) is 0 Å².